The number of aliphatic hydroxyl groups excluding tert-OH is 1. The average Bonchev–Trinajstić information content (AvgIpc) is 2.47. The summed E-state index contributed by atoms with van der Waals surface area (Å²) < 4.78 is 5.13. The molecule has 120 valence electrons. The monoisotopic (exact) mass is 307 g/mol. The van der Waals surface area contributed by atoms with E-state index in [0.717, 1.165) is 18.4 Å². The lowest BCUT2D eigenvalue weighted by atomic mass is 9.87. The van der Waals surface area contributed by atoms with Gasteiger partial charge in [0.15, 0.2) is 0 Å². The number of carbonyl (C=O) groups excluding carboxylic acids is 2. The summed E-state index contributed by atoms with van der Waals surface area (Å²) in [5.41, 5.74) is 5.89. The van der Waals surface area contributed by atoms with E-state index >= 15 is 0 Å². The largest absolute Gasteiger partial charge is 0.445 e. The topological polar surface area (TPSA) is 114 Å². The van der Waals surface area contributed by atoms with Crippen LogP contribution in [0.3, 0.4) is 0 Å². The van der Waals surface area contributed by atoms with Crippen molar-refractivity contribution in [3.8, 4) is 0 Å². The van der Waals surface area contributed by atoms with Crippen molar-refractivity contribution >= 4 is 12.0 Å². The van der Waals surface area contributed by atoms with Gasteiger partial charge in [-0.25, -0.2) is 4.79 Å². The number of alkyl carbamates (subject to hydrolysis) is 1. The molecule has 1 atom stereocenters. The van der Waals surface area contributed by atoms with E-state index in [1.165, 1.54) is 0 Å². The summed E-state index contributed by atoms with van der Waals surface area (Å²) in [6.45, 7) is 0.372. The molecule has 1 fully saturated rings. The van der Waals surface area contributed by atoms with Gasteiger partial charge in [0, 0.05) is 18.6 Å². The average molecular weight is 307 g/mol. The Morgan fingerprint density at radius 2 is 1.95 bits per heavy atom. The van der Waals surface area contributed by atoms with E-state index in [2.05, 4.69) is 10.6 Å². The maximum atomic E-state index is 11.6. The third-order valence-electron chi connectivity index (χ3n) is 3.60. The maximum absolute atomic E-state index is 11.6. The van der Waals surface area contributed by atoms with E-state index in [1.807, 2.05) is 30.3 Å². The van der Waals surface area contributed by atoms with Crippen LogP contribution in [-0.2, 0) is 16.1 Å². The van der Waals surface area contributed by atoms with Crippen molar-refractivity contribution in [2.45, 2.75) is 37.6 Å². The minimum Gasteiger partial charge on any atom is -0.445 e. The van der Waals surface area contributed by atoms with Gasteiger partial charge < -0.3 is 26.2 Å². The van der Waals surface area contributed by atoms with E-state index in [1.54, 1.807) is 0 Å². The molecule has 0 heterocycles. The summed E-state index contributed by atoms with van der Waals surface area (Å²) in [4.78, 5) is 22.3. The van der Waals surface area contributed by atoms with Crippen LogP contribution in [-0.4, -0.2) is 41.8 Å². The smallest absolute Gasteiger partial charge is 0.407 e. The summed E-state index contributed by atoms with van der Waals surface area (Å²) in [7, 11) is 0. The zero-order valence-corrected chi connectivity index (χ0v) is 12.2. The molecule has 0 radical (unpaired) electrons. The van der Waals surface area contributed by atoms with Crippen molar-refractivity contribution < 1.29 is 19.4 Å². The standard InChI is InChI=1S/C15H21N3O4/c16-14(20)13(19)8-17-11-6-12(7-11)18-15(21)22-9-10-4-2-1-3-5-10/h1-5,11-13,17,19H,6-9H2,(H2,16,20)(H,18,21). The quantitative estimate of drug-likeness (QED) is 0.561. The number of amides is 2. The van der Waals surface area contributed by atoms with Crippen molar-refractivity contribution in [2.24, 2.45) is 5.73 Å². The molecule has 0 spiro atoms. The number of hydrogen-bond donors (Lipinski definition) is 4. The summed E-state index contributed by atoms with van der Waals surface area (Å²) in [5.74, 6) is -0.744. The highest BCUT2D eigenvalue weighted by atomic mass is 16.5. The van der Waals surface area contributed by atoms with E-state index in [9.17, 15) is 14.7 Å². The van der Waals surface area contributed by atoms with Crippen molar-refractivity contribution in [1.82, 2.24) is 10.6 Å². The van der Waals surface area contributed by atoms with Gasteiger partial charge in [0.1, 0.15) is 12.7 Å². The maximum Gasteiger partial charge on any atom is 0.407 e. The van der Waals surface area contributed by atoms with Gasteiger partial charge in [-0.15, -0.1) is 0 Å². The number of nitrogens with two attached hydrogens (primary N) is 1. The zero-order chi connectivity index (χ0) is 15.9. The molecule has 2 amide bonds. The summed E-state index contributed by atoms with van der Waals surface area (Å²) in [5, 5.41) is 15.0. The van der Waals surface area contributed by atoms with Crippen LogP contribution in [0.1, 0.15) is 18.4 Å². The lowest BCUT2D eigenvalue weighted by Gasteiger charge is -2.36. The van der Waals surface area contributed by atoms with Gasteiger partial charge in [0.25, 0.3) is 0 Å². The fourth-order valence-electron chi connectivity index (χ4n) is 2.21. The molecule has 1 unspecified atom stereocenters. The molecule has 7 heteroatoms. The first-order valence-corrected chi connectivity index (χ1v) is 7.22. The molecule has 2 rings (SSSR count). The third-order valence-corrected chi connectivity index (χ3v) is 3.60. The molecule has 22 heavy (non-hydrogen) atoms. The number of rotatable bonds is 7. The first kappa shape index (κ1) is 16.3. The van der Waals surface area contributed by atoms with Crippen LogP contribution >= 0.6 is 0 Å². The predicted molar refractivity (Wildman–Crippen MR) is 79.8 cm³/mol. The van der Waals surface area contributed by atoms with Crippen molar-refractivity contribution in [1.29, 1.82) is 0 Å². The molecule has 0 aromatic heterocycles. The molecule has 7 nitrogen and oxygen atoms in total. The van der Waals surface area contributed by atoms with Gasteiger partial charge in [0.05, 0.1) is 0 Å². The van der Waals surface area contributed by atoms with E-state index in [0.29, 0.717) is 0 Å². The summed E-state index contributed by atoms with van der Waals surface area (Å²) in [6, 6.07) is 9.67. The van der Waals surface area contributed by atoms with Gasteiger partial charge in [-0.1, -0.05) is 30.3 Å². The highest BCUT2D eigenvalue weighted by molar-refractivity contribution is 5.78. The molecule has 1 aliphatic carbocycles. The molecule has 0 bridgehead atoms. The van der Waals surface area contributed by atoms with Gasteiger partial charge in [0.2, 0.25) is 5.91 Å². The Balaban J connectivity index is 1.57. The lowest BCUT2D eigenvalue weighted by molar-refractivity contribution is -0.125. The first-order valence-electron chi connectivity index (χ1n) is 7.22. The Morgan fingerprint density at radius 1 is 1.27 bits per heavy atom. The van der Waals surface area contributed by atoms with Crippen LogP contribution in [0.25, 0.3) is 0 Å². The fraction of sp³-hybridized carbons (Fsp3) is 0.467. The predicted octanol–water partition coefficient (Wildman–Crippen LogP) is -0.120. The number of ether oxygens (including phenoxy) is 1. The Labute approximate surface area is 128 Å². The number of aliphatic hydroxyl groups is 1. The molecule has 1 aliphatic rings. The minimum absolute atomic E-state index is 0.0477. The second-order valence-electron chi connectivity index (χ2n) is 5.40. The van der Waals surface area contributed by atoms with Gasteiger partial charge in [-0.3, -0.25) is 4.79 Å². The Hall–Kier alpha value is -2.12. The molecule has 1 aromatic carbocycles. The van der Waals surface area contributed by atoms with Crippen molar-refractivity contribution in [2.75, 3.05) is 6.54 Å². The third kappa shape index (κ3) is 5.01. The molecule has 1 saturated carbocycles. The lowest BCUT2D eigenvalue weighted by Crippen LogP contribution is -2.54. The first-order chi connectivity index (χ1) is 10.5. The SMILES string of the molecule is NC(=O)C(O)CNC1CC(NC(=O)OCc2ccccc2)C1. The van der Waals surface area contributed by atoms with Crippen LogP contribution in [0.5, 0.6) is 0 Å². The minimum atomic E-state index is -1.18. The number of nitrogens with one attached hydrogen (secondary N) is 2. The number of benzene rings is 1. The second-order valence-corrected chi connectivity index (χ2v) is 5.40. The van der Waals surface area contributed by atoms with Gasteiger partial charge in [-0.05, 0) is 18.4 Å². The molecule has 0 saturated heterocycles. The van der Waals surface area contributed by atoms with Crippen LogP contribution in [0.4, 0.5) is 4.79 Å². The highest BCUT2D eigenvalue weighted by Crippen LogP contribution is 2.20. The van der Waals surface area contributed by atoms with Crippen molar-refractivity contribution in [3.63, 3.8) is 0 Å². The zero-order valence-electron chi connectivity index (χ0n) is 12.2. The highest BCUT2D eigenvalue weighted by Gasteiger charge is 2.31. The fourth-order valence-corrected chi connectivity index (χ4v) is 2.21. The molecule has 5 N–H and O–H groups in total. The van der Waals surface area contributed by atoms with Crippen LogP contribution in [0.15, 0.2) is 30.3 Å². The molecular formula is C15H21N3O4. The van der Waals surface area contributed by atoms with E-state index in [-0.39, 0.29) is 25.2 Å². The molecular weight excluding hydrogens is 286 g/mol. The van der Waals surface area contributed by atoms with Crippen LogP contribution in [0.2, 0.25) is 0 Å². The Morgan fingerprint density at radius 3 is 2.59 bits per heavy atom. The molecule has 1 aromatic rings. The normalized spacial score (nSPS) is 21.5. The van der Waals surface area contributed by atoms with Crippen LogP contribution < -0.4 is 16.4 Å². The Bertz CT molecular complexity index is 503. The second kappa shape index (κ2) is 7.77. The Kier molecular flexibility index (Phi) is 5.74. The van der Waals surface area contributed by atoms with Crippen molar-refractivity contribution in [3.05, 3.63) is 35.9 Å². The number of primary amides is 1. The van der Waals surface area contributed by atoms with E-state index < -0.39 is 18.1 Å². The molecule has 0 aliphatic heterocycles. The van der Waals surface area contributed by atoms with Crippen LogP contribution in [0, 0.1) is 0 Å². The van der Waals surface area contributed by atoms with Gasteiger partial charge >= 0.3 is 6.09 Å². The number of hydrogen-bond acceptors (Lipinski definition) is 5. The summed E-state index contributed by atoms with van der Waals surface area (Å²) in [6.07, 6.45) is -0.162. The number of carbonyl (C=O) groups is 2. The van der Waals surface area contributed by atoms with E-state index in [4.69, 9.17) is 10.5 Å². The van der Waals surface area contributed by atoms with Gasteiger partial charge in [-0.2, -0.15) is 0 Å². The summed E-state index contributed by atoms with van der Waals surface area (Å²) >= 11 is 0.